The van der Waals surface area contributed by atoms with Crippen molar-refractivity contribution in [1.82, 2.24) is 20.4 Å². The monoisotopic (exact) mass is 885 g/mol. The molecule has 2 fully saturated rings. The van der Waals surface area contributed by atoms with Crippen molar-refractivity contribution in [3.05, 3.63) is 89.7 Å². The number of amides is 6. The Morgan fingerprint density at radius 2 is 0.984 bits per heavy atom. The summed E-state index contributed by atoms with van der Waals surface area (Å²) in [5, 5.41) is 11.3. The largest absolute Gasteiger partial charge is 0.453 e. The smallest absolute Gasteiger partial charge is 0.407 e. The number of likely N-dealkylation sites (tertiary alicyclic amines) is 2. The number of benzene rings is 3. The van der Waals surface area contributed by atoms with Crippen LogP contribution in [0.5, 0.6) is 0 Å². The van der Waals surface area contributed by atoms with Crippen LogP contribution in [-0.2, 0) is 41.7 Å². The first-order valence-corrected chi connectivity index (χ1v) is 22.4. The van der Waals surface area contributed by atoms with E-state index in [9.17, 15) is 33.2 Å². The van der Waals surface area contributed by atoms with Crippen LogP contribution in [0.2, 0.25) is 0 Å². The number of hydrogen-bond acceptors (Lipinski definition) is 9. The molecular formula is C48H64FN7O8. The molecule has 3 aromatic carbocycles. The van der Waals surface area contributed by atoms with E-state index in [-0.39, 0.29) is 41.3 Å². The van der Waals surface area contributed by atoms with Gasteiger partial charge in [0.1, 0.15) is 30.0 Å². The van der Waals surface area contributed by atoms with Crippen LogP contribution in [0.3, 0.4) is 0 Å². The zero-order chi connectivity index (χ0) is 46.3. The van der Waals surface area contributed by atoms with Gasteiger partial charge in [0.15, 0.2) is 0 Å². The van der Waals surface area contributed by atoms with Gasteiger partial charge in [-0.3, -0.25) is 19.2 Å². The Morgan fingerprint density at radius 1 is 0.609 bits per heavy atom. The van der Waals surface area contributed by atoms with Crippen molar-refractivity contribution in [2.45, 2.75) is 116 Å². The third kappa shape index (κ3) is 12.5. The van der Waals surface area contributed by atoms with Gasteiger partial charge >= 0.3 is 12.2 Å². The maximum Gasteiger partial charge on any atom is 0.407 e. The maximum absolute atomic E-state index is 14.0. The molecule has 64 heavy (non-hydrogen) atoms. The summed E-state index contributed by atoms with van der Waals surface area (Å²) in [6.07, 6.45) is 3.62. The topological polar surface area (TPSA) is 179 Å². The lowest BCUT2D eigenvalue weighted by Crippen LogP contribution is -2.55. The van der Waals surface area contributed by atoms with Crippen LogP contribution in [0.15, 0.2) is 72.8 Å². The molecule has 2 aliphatic heterocycles. The third-order valence-electron chi connectivity index (χ3n) is 12.5. The van der Waals surface area contributed by atoms with E-state index in [4.69, 9.17) is 9.47 Å². The number of nitrogens with one attached hydrogen (secondary N) is 4. The van der Waals surface area contributed by atoms with Gasteiger partial charge in [0.25, 0.3) is 0 Å². The number of alkyl carbamates (subject to hydrolysis) is 2. The van der Waals surface area contributed by atoms with E-state index in [0.717, 1.165) is 16.8 Å². The van der Waals surface area contributed by atoms with Crippen LogP contribution in [0, 0.1) is 17.7 Å². The molecule has 2 heterocycles. The number of anilines is 3. The van der Waals surface area contributed by atoms with Crippen molar-refractivity contribution in [2.24, 2.45) is 11.8 Å². The second kappa shape index (κ2) is 23.5. The molecule has 0 unspecified atom stereocenters. The zero-order valence-corrected chi connectivity index (χ0v) is 37.9. The molecule has 0 aliphatic carbocycles. The number of hydrogen-bond donors (Lipinski definition) is 4. The number of carbonyl (C=O) groups is 6. The molecule has 5 rings (SSSR count). The van der Waals surface area contributed by atoms with Crippen LogP contribution in [0.25, 0.3) is 0 Å². The number of halogens is 1. The molecule has 346 valence electrons. The Kier molecular flexibility index (Phi) is 17.9. The van der Waals surface area contributed by atoms with Gasteiger partial charge in [-0.2, -0.15) is 0 Å². The van der Waals surface area contributed by atoms with Gasteiger partial charge in [-0.25, -0.2) is 14.0 Å². The van der Waals surface area contributed by atoms with Crippen LogP contribution in [0.1, 0.15) is 90.2 Å². The molecule has 3 aromatic rings. The Hall–Kier alpha value is -6.19. The van der Waals surface area contributed by atoms with Crippen LogP contribution >= 0.6 is 0 Å². The Labute approximate surface area is 375 Å². The van der Waals surface area contributed by atoms with Gasteiger partial charge in [0.2, 0.25) is 23.6 Å². The Balaban J connectivity index is 1.23. The number of rotatable bonds is 19. The second-order valence-corrected chi connectivity index (χ2v) is 16.5. The predicted molar refractivity (Wildman–Crippen MR) is 243 cm³/mol. The van der Waals surface area contributed by atoms with Crippen molar-refractivity contribution in [2.75, 3.05) is 42.8 Å². The molecule has 2 aliphatic rings. The van der Waals surface area contributed by atoms with Gasteiger partial charge in [0, 0.05) is 43.2 Å². The highest BCUT2D eigenvalue weighted by Crippen LogP contribution is 2.27. The summed E-state index contributed by atoms with van der Waals surface area (Å²) in [7, 11) is 2.51. The third-order valence-corrected chi connectivity index (χ3v) is 12.5. The molecule has 16 heteroatoms. The number of methoxy groups -OCH3 is 2. The average Bonchev–Trinajstić information content (AvgIpc) is 4.01. The molecule has 0 radical (unpaired) electrons. The highest BCUT2D eigenvalue weighted by atomic mass is 19.1. The minimum absolute atomic E-state index is 0.115. The first-order valence-electron chi connectivity index (χ1n) is 22.4. The molecule has 0 bridgehead atoms. The molecule has 0 aromatic heterocycles. The van der Waals surface area contributed by atoms with E-state index in [2.05, 4.69) is 26.2 Å². The first-order chi connectivity index (χ1) is 30.8. The van der Waals surface area contributed by atoms with Crippen molar-refractivity contribution in [3.8, 4) is 0 Å². The molecule has 15 nitrogen and oxygen atoms in total. The predicted octanol–water partition coefficient (Wildman–Crippen LogP) is 7.21. The Bertz CT molecular complexity index is 1920. The van der Waals surface area contributed by atoms with Crippen LogP contribution in [-0.4, -0.2) is 97.1 Å². The van der Waals surface area contributed by atoms with Crippen molar-refractivity contribution < 1.29 is 42.6 Å². The van der Waals surface area contributed by atoms with Crippen molar-refractivity contribution >= 4 is 52.9 Å². The highest BCUT2D eigenvalue weighted by molar-refractivity contribution is 5.99. The summed E-state index contributed by atoms with van der Waals surface area (Å²) >= 11 is 0. The van der Waals surface area contributed by atoms with Crippen LogP contribution in [0.4, 0.5) is 31.0 Å². The SMILES string of the molecule is CCC(CC)[C@H](NC(=O)OC)C(=O)N1CCC[C@H]1C(=O)Nc1ccc(CN(Cc2ccc(NC(=O)[C@@H]3CCCN3C(=O)[C@@H](NC(=O)OC)C(CC)CC)cc2)c2ccc(F)cc2)cc1. The molecule has 0 spiro atoms. The van der Waals surface area contributed by atoms with Crippen LogP contribution < -0.4 is 26.2 Å². The maximum atomic E-state index is 14.0. The van der Waals surface area contributed by atoms with E-state index in [1.54, 1.807) is 46.2 Å². The molecular weight excluding hydrogens is 822 g/mol. The van der Waals surface area contributed by atoms with Gasteiger partial charge < -0.3 is 45.4 Å². The summed E-state index contributed by atoms with van der Waals surface area (Å²) in [4.78, 5) is 84.3. The zero-order valence-electron chi connectivity index (χ0n) is 37.9. The number of ether oxygens (including phenoxy) is 2. The molecule has 0 saturated carbocycles. The highest BCUT2D eigenvalue weighted by Gasteiger charge is 2.41. The fourth-order valence-electron chi connectivity index (χ4n) is 8.79. The lowest BCUT2D eigenvalue weighted by Gasteiger charge is -2.32. The van der Waals surface area contributed by atoms with E-state index in [1.165, 1.54) is 26.4 Å². The second-order valence-electron chi connectivity index (χ2n) is 16.5. The van der Waals surface area contributed by atoms with Gasteiger partial charge in [0.05, 0.1) is 14.2 Å². The average molecular weight is 886 g/mol. The molecule has 6 amide bonds. The van der Waals surface area contributed by atoms with Gasteiger partial charge in [-0.05, 0) is 97.2 Å². The lowest BCUT2D eigenvalue weighted by molar-refractivity contribution is -0.139. The molecule has 4 atom stereocenters. The van der Waals surface area contributed by atoms with E-state index in [0.29, 0.717) is 88.9 Å². The standard InChI is InChI=1S/C48H64FN7O8/c1-7-33(8-2)41(52-47(61)63-5)45(59)55-27-11-13-39(55)43(57)50-36-21-15-31(16-22-36)29-54(38-25-19-35(49)20-26-38)30-32-17-23-37(24-18-32)51-44(58)40-14-12-28-56(40)46(60)42(34(9-3)10-4)53-48(62)64-6/h15-26,33-34,39-42H,7-14,27-30H2,1-6H3,(H,50,57)(H,51,58)(H,52,61)(H,53,62)/t39-,40-,41-,42-/m0/s1. The minimum Gasteiger partial charge on any atom is -0.453 e. The fourth-order valence-corrected chi connectivity index (χ4v) is 8.79. The fraction of sp³-hybridized carbons (Fsp3) is 0.500. The summed E-state index contributed by atoms with van der Waals surface area (Å²) in [5.74, 6) is -1.79. The summed E-state index contributed by atoms with van der Waals surface area (Å²) in [6.45, 7) is 9.55. The summed E-state index contributed by atoms with van der Waals surface area (Å²) in [6, 6.07) is 18.1. The quantitative estimate of drug-likeness (QED) is 0.0968. The first kappa shape index (κ1) is 48.8. The number of carbonyl (C=O) groups excluding carboxylic acids is 6. The van der Waals surface area contributed by atoms with Gasteiger partial charge in [-0.1, -0.05) is 77.6 Å². The van der Waals surface area contributed by atoms with E-state index in [1.807, 2.05) is 52.0 Å². The minimum atomic E-state index is -0.804. The summed E-state index contributed by atoms with van der Waals surface area (Å²) in [5.41, 5.74) is 3.77. The molecule has 2 saturated heterocycles. The lowest BCUT2D eigenvalue weighted by atomic mass is 9.93. The number of nitrogens with zero attached hydrogens (tertiary/aromatic N) is 3. The molecule has 4 N–H and O–H groups in total. The van der Waals surface area contributed by atoms with Gasteiger partial charge in [-0.15, -0.1) is 0 Å². The van der Waals surface area contributed by atoms with E-state index >= 15 is 0 Å². The Morgan fingerprint density at radius 3 is 1.33 bits per heavy atom. The van der Waals surface area contributed by atoms with Crippen molar-refractivity contribution in [1.29, 1.82) is 0 Å². The van der Waals surface area contributed by atoms with Crippen molar-refractivity contribution in [3.63, 3.8) is 0 Å². The normalized spacial score (nSPS) is 16.8. The summed E-state index contributed by atoms with van der Waals surface area (Å²) < 4.78 is 23.6. The van der Waals surface area contributed by atoms with E-state index < -0.39 is 36.4 Å².